The molecule has 0 saturated carbocycles. The Balaban J connectivity index is 1.05. The first-order chi connectivity index (χ1) is 31.6. The van der Waals surface area contributed by atoms with Crippen LogP contribution in [0.3, 0.4) is 0 Å². The van der Waals surface area contributed by atoms with Gasteiger partial charge in [0.15, 0.2) is 17.5 Å². The van der Waals surface area contributed by atoms with Gasteiger partial charge >= 0.3 is 0 Å². The monoisotopic (exact) mass is 815 g/mol. The molecular formula is C61H41N3. The van der Waals surface area contributed by atoms with Crippen molar-refractivity contribution in [2.45, 2.75) is 12.3 Å². The second-order valence-corrected chi connectivity index (χ2v) is 16.8. The van der Waals surface area contributed by atoms with Crippen molar-refractivity contribution in [1.82, 2.24) is 15.0 Å². The van der Waals surface area contributed by atoms with Crippen LogP contribution in [0, 0.1) is 0 Å². The summed E-state index contributed by atoms with van der Waals surface area (Å²) in [7, 11) is 0. The van der Waals surface area contributed by atoms with Gasteiger partial charge in [-0.05, 0) is 102 Å². The summed E-state index contributed by atoms with van der Waals surface area (Å²) in [4.78, 5) is 16.0. The van der Waals surface area contributed by atoms with Crippen molar-refractivity contribution < 1.29 is 0 Å². The average Bonchev–Trinajstić information content (AvgIpc) is 3.65. The van der Waals surface area contributed by atoms with E-state index in [1.54, 1.807) is 0 Å². The molecule has 1 aliphatic rings. The Morgan fingerprint density at radius 2 is 0.688 bits per heavy atom. The third-order valence-electron chi connectivity index (χ3n) is 13.3. The molecule has 0 amide bonds. The molecular weight excluding hydrogens is 775 g/mol. The van der Waals surface area contributed by atoms with Crippen molar-refractivity contribution in [2.24, 2.45) is 0 Å². The molecule has 1 unspecified atom stereocenters. The van der Waals surface area contributed by atoms with Crippen molar-refractivity contribution in [2.75, 3.05) is 0 Å². The summed E-state index contributed by atoms with van der Waals surface area (Å²) in [6.07, 6.45) is 0. The molecule has 0 bridgehead atoms. The first-order valence-electron chi connectivity index (χ1n) is 21.9. The fourth-order valence-electron chi connectivity index (χ4n) is 10.1. The van der Waals surface area contributed by atoms with Gasteiger partial charge in [-0.2, -0.15) is 0 Å². The normalized spacial score (nSPS) is 14.1. The number of aromatic nitrogens is 3. The number of nitrogens with zero attached hydrogens (tertiary/aromatic N) is 3. The van der Waals surface area contributed by atoms with Gasteiger partial charge in [0.2, 0.25) is 0 Å². The first-order valence-corrected chi connectivity index (χ1v) is 21.9. The topological polar surface area (TPSA) is 38.7 Å². The van der Waals surface area contributed by atoms with Crippen LogP contribution in [-0.4, -0.2) is 15.0 Å². The zero-order valence-electron chi connectivity index (χ0n) is 35.3. The van der Waals surface area contributed by atoms with Gasteiger partial charge in [-0.3, -0.25) is 0 Å². The molecule has 12 rings (SSSR count). The molecule has 0 saturated heterocycles. The van der Waals surface area contributed by atoms with E-state index in [1.165, 1.54) is 55.6 Å². The third-order valence-corrected chi connectivity index (χ3v) is 13.3. The molecule has 3 nitrogen and oxygen atoms in total. The zero-order valence-corrected chi connectivity index (χ0v) is 35.3. The Morgan fingerprint density at radius 1 is 0.266 bits per heavy atom. The highest BCUT2D eigenvalue weighted by atomic mass is 15.0. The first kappa shape index (κ1) is 37.5. The molecule has 0 fully saturated rings. The Hall–Kier alpha value is -8.27. The lowest BCUT2D eigenvalue weighted by Crippen LogP contribution is -2.22. The lowest BCUT2D eigenvalue weighted by Gasteiger charge is -2.28. The summed E-state index contributed by atoms with van der Waals surface area (Å²) >= 11 is 0. The van der Waals surface area contributed by atoms with Gasteiger partial charge in [-0.25, -0.2) is 15.0 Å². The van der Waals surface area contributed by atoms with E-state index in [0.29, 0.717) is 17.5 Å². The molecule has 1 heterocycles. The van der Waals surface area contributed by atoms with Gasteiger partial charge in [-0.1, -0.05) is 218 Å². The summed E-state index contributed by atoms with van der Waals surface area (Å²) in [6.45, 7) is 2.38. The van der Waals surface area contributed by atoms with Crippen LogP contribution in [0.5, 0.6) is 0 Å². The Kier molecular flexibility index (Phi) is 8.94. The summed E-state index contributed by atoms with van der Waals surface area (Å²) in [5.41, 5.74) is 16.1. The summed E-state index contributed by atoms with van der Waals surface area (Å²) in [6, 6.07) is 82.4. The Morgan fingerprint density at radius 3 is 1.33 bits per heavy atom. The van der Waals surface area contributed by atoms with Gasteiger partial charge < -0.3 is 0 Å². The van der Waals surface area contributed by atoms with Crippen LogP contribution in [0.1, 0.15) is 23.6 Å². The Bertz CT molecular complexity index is 3540. The quantitative estimate of drug-likeness (QED) is 0.161. The molecule has 1 atom stereocenters. The molecule has 0 aliphatic heterocycles. The van der Waals surface area contributed by atoms with Crippen LogP contribution in [0.15, 0.2) is 231 Å². The van der Waals surface area contributed by atoms with Gasteiger partial charge in [0.05, 0.1) is 0 Å². The van der Waals surface area contributed by atoms with Gasteiger partial charge in [0.25, 0.3) is 0 Å². The molecule has 11 aromatic rings. The highest BCUT2D eigenvalue weighted by Gasteiger charge is 2.41. The van der Waals surface area contributed by atoms with Crippen molar-refractivity contribution in [3.63, 3.8) is 0 Å². The summed E-state index contributed by atoms with van der Waals surface area (Å²) in [5.74, 6) is 1.89. The van der Waals surface area contributed by atoms with Crippen LogP contribution in [0.4, 0.5) is 0 Å². The van der Waals surface area contributed by atoms with E-state index >= 15 is 0 Å². The third kappa shape index (κ3) is 6.08. The van der Waals surface area contributed by atoms with Crippen molar-refractivity contribution in [1.29, 1.82) is 0 Å². The molecule has 64 heavy (non-hydrogen) atoms. The predicted molar refractivity (Wildman–Crippen MR) is 265 cm³/mol. The van der Waals surface area contributed by atoms with Crippen molar-refractivity contribution in [3.8, 4) is 78.7 Å². The second-order valence-electron chi connectivity index (χ2n) is 16.8. The second kappa shape index (κ2) is 15.3. The van der Waals surface area contributed by atoms with Crippen LogP contribution in [0.25, 0.3) is 100 Å². The van der Waals surface area contributed by atoms with E-state index in [1.807, 2.05) is 6.07 Å². The number of hydrogen-bond donors (Lipinski definition) is 0. The molecule has 0 N–H and O–H groups in total. The van der Waals surface area contributed by atoms with E-state index in [4.69, 9.17) is 15.0 Å². The Labute approximate surface area is 373 Å². The van der Waals surface area contributed by atoms with Crippen LogP contribution < -0.4 is 0 Å². The number of rotatable bonds is 7. The SMILES string of the molecule is CC1(c2ccccc2)c2ccccc2-c2c(-c3ccc(-c4nc(-c5ccc(-c6ccccc6)cc5)nc(-c5ccc(-c6ccccc6)c6ccccc56)n4)c4ccccc34)cccc21. The molecule has 10 aromatic carbocycles. The molecule has 300 valence electrons. The van der Waals surface area contributed by atoms with E-state index in [0.717, 1.165) is 43.8 Å². The molecule has 1 aromatic heterocycles. The van der Waals surface area contributed by atoms with Gasteiger partial charge in [0.1, 0.15) is 0 Å². The van der Waals surface area contributed by atoms with E-state index in [2.05, 4.69) is 231 Å². The maximum Gasteiger partial charge on any atom is 0.164 e. The summed E-state index contributed by atoms with van der Waals surface area (Å²) < 4.78 is 0. The molecule has 3 heteroatoms. The summed E-state index contributed by atoms with van der Waals surface area (Å²) in [5, 5.41) is 4.47. The van der Waals surface area contributed by atoms with E-state index in [9.17, 15) is 0 Å². The number of hydrogen-bond acceptors (Lipinski definition) is 3. The minimum atomic E-state index is -0.292. The largest absolute Gasteiger partial charge is 0.208 e. The fraction of sp³-hybridized carbons (Fsp3) is 0.0328. The maximum atomic E-state index is 5.39. The minimum absolute atomic E-state index is 0.292. The standard InChI is InChI=1S/C61H41N3/c1-61(44-22-9-4-10-23-44)55-30-16-15-28-54(55)57-51(29-17-31-56(57)61)50-37-39-53(49-27-14-12-25-47(49)50)60-63-58(43-34-32-41(33-35-43)40-18-5-2-6-19-40)62-59(64-60)52-38-36-45(42-20-7-3-8-21-42)46-24-11-13-26-48(46)52/h2-39H,1H3. The molecule has 0 radical (unpaired) electrons. The van der Waals surface area contributed by atoms with Crippen LogP contribution >= 0.6 is 0 Å². The van der Waals surface area contributed by atoms with E-state index < -0.39 is 0 Å². The van der Waals surface area contributed by atoms with Crippen molar-refractivity contribution in [3.05, 3.63) is 247 Å². The number of benzene rings is 10. The zero-order chi connectivity index (χ0) is 42.6. The highest BCUT2D eigenvalue weighted by molar-refractivity contribution is 6.08. The van der Waals surface area contributed by atoms with Gasteiger partial charge in [-0.15, -0.1) is 0 Å². The highest BCUT2D eigenvalue weighted by Crippen LogP contribution is 2.55. The lowest BCUT2D eigenvalue weighted by atomic mass is 9.74. The fourth-order valence-corrected chi connectivity index (χ4v) is 10.1. The molecule has 1 aliphatic carbocycles. The molecule has 0 spiro atoms. The maximum absolute atomic E-state index is 5.39. The average molecular weight is 816 g/mol. The lowest BCUT2D eigenvalue weighted by molar-refractivity contribution is 0.714. The van der Waals surface area contributed by atoms with E-state index in [-0.39, 0.29) is 5.41 Å². The van der Waals surface area contributed by atoms with Gasteiger partial charge in [0, 0.05) is 22.1 Å². The number of fused-ring (bicyclic) bond motifs is 5. The van der Waals surface area contributed by atoms with Crippen molar-refractivity contribution >= 4 is 21.5 Å². The smallest absolute Gasteiger partial charge is 0.164 e. The predicted octanol–water partition coefficient (Wildman–Crippen LogP) is 15.5. The van der Waals surface area contributed by atoms with Crippen LogP contribution in [-0.2, 0) is 5.41 Å². The minimum Gasteiger partial charge on any atom is -0.208 e. The van der Waals surface area contributed by atoms with Crippen LogP contribution in [0.2, 0.25) is 0 Å².